The van der Waals surface area contributed by atoms with E-state index in [1.165, 1.54) is 0 Å². The molecule has 0 aliphatic carbocycles. The zero-order valence-corrected chi connectivity index (χ0v) is 17.8. The van der Waals surface area contributed by atoms with Gasteiger partial charge in [0.15, 0.2) is 0 Å². The van der Waals surface area contributed by atoms with Crippen LogP contribution in [-0.2, 0) is 9.59 Å². The van der Waals surface area contributed by atoms with Gasteiger partial charge < -0.3 is 19.4 Å². The van der Waals surface area contributed by atoms with Gasteiger partial charge in [-0.15, -0.1) is 0 Å². The lowest BCUT2D eigenvalue weighted by Crippen LogP contribution is -2.51. The van der Waals surface area contributed by atoms with Gasteiger partial charge in [-0.25, -0.2) is 9.97 Å². The molecule has 2 aliphatic rings. The molecule has 2 fully saturated rings. The molecular formula is C21H24ClN5O3. The third kappa shape index (κ3) is 4.05. The maximum atomic E-state index is 13.1. The van der Waals surface area contributed by atoms with Crippen molar-refractivity contribution in [2.75, 3.05) is 49.6 Å². The first kappa shape index (κ1) is 20.4. The van der Waals surface area contributed by atoms with E-state index in [1.54, 1.807) is 36.5 Å². The van der Waals surface area contributed by atoms with Gasteiger partial charge in [-0.05, 0) is 25.1 Å². The number of carbonyl (C=O) groups is 2. The third-order valence-electron chi connectivity index (χ3n) is 5.61. The highest BCUT2D eigenvalue weighted by Gasteiger charge is 2.39. The maximum Gasteiger partial charge on any atom is 0.228 e. The number of carbonyl (C=O) groups excluding carboxylic acids is 2. The molecule has 2 aliphatic heterocycles. The molecular weight excluding hydrogens is 406 g/mol. The predicted molar refractivity (Wildman–Crippen MR) is 114 cm³/mol. The topological polar surface area (TPSA) is 78.9 Å². The fraction of sp³-hybridized carbons (Fsp3) is 0.429. The van der Waals surface area contributed by atoms with E-state index >= 15 is 0 Å². The maximum absolute atomic E-state index is 13.1. The average Bonchev–Trinajstić information content (AvgIpc) is 3.14. The van der Waals surface area contributed by atoms with E-state index in [2.05, 4.69) is 14.9 Å². The van der Waals surface area contributed by atoms with Gasteiger partial charge in [0, 0.05) is 55.9 Å². The molecule has 1 aromatic carbocycles. The molecule has 3 heterocycles. The third-order valence-corrected chi connectivity index (χ3v) is 5.85. The molecule has 1 atom stereocenters. The summed E-state index contributed by atoms with van der Waals surface area (Å²) in [4.78, 5) is 39.8. The van der Waals surface area contributed by atoms with E-state index in [0.717, 1.165) is 11.5 Å². The van der Waals surface area contributed by atoms with Crippen LogP contribution in [0.15, 0.2) is 30.6 Å². The van der Waals surface area contributed by atoms with Crippen LogP contribution in [0.3, 0.4) is 0 Å². The van der Waals surface area contributed by atoms with E-state index < -0.39 is 0 Å². The Morgan fingerprint density at radius 1 is 1.17 bits per heavy atom. The Labute approximate surface area is 180 Å². The summed E-state index contributed by atoms with van der Waals surface area (Å²) in [6.45, 7) is 4.88. The van der Waals surface area contributed by atoms with Crippen LogP contribution in [0.25, 0.3) is 0 Å². The lowest BCUT2D eigenvalue weighted by Gasteiger charge is -2.36. The highest BCUT2D eigenvalue weighted by Crippen LogP contribution is 2.35. The minimum atomic E-state index is -0.367. The average molecular weight is 430 g/mol. The number of hydrogen-bond donors (Lipinski definition) is 0. The molecule has 158 valence electrons. The van der Waals surface area contributed by atoms with Crippen molar-refractivity contribution in [3.8, 4) is 5.75 Å². The van der Waals surface area contributed by atoms with Gasteiger partial charge in [-0.1, -0.05) is 11.6 Å². The molecule has 4 rings (SSSR count). The highest BCUT2D eigenvalue weighted by atomic mass is 35.5. The second kappa shape index (κ2) is 8.47. The zero-order chi connectivity index (χ0) is 21.3. The van der Waals surface area contributed by atoms with Crippen molar-refractivity contribution in [3.63, 3.8) is 0 Å². The summed E-state index contributed by atoms with van der Waals surface area (Å²) >= 11 is 6.11. The fourth-order valence-corrected chi connectivity index (χ4v) is 4.17. The SMILES string of the molecule is COc1ccc(Cl)cc1N1CC(C(=O)N2CCN(c3cc(C)ncn3)CC2)CC1=O. The van der Waals surface area contributed by atoms with Gasteiger partial charge in [0.05, 0.1) is 18.7 Å². The van der Waals surface area contributed by atoms with E-state index in [0.29, 0.717) is 49.2 Å². The molecule has 1 aromatic heterocycles. The Balaban J connectivity index is 1.41. The summed E-state index contributed by atoms with van der Waals surface area (Å²) in [5.41, 5.74) is 1.52. The van der Waals surface area contributed by atoms with Gasteiger partial charge in [0.25, 0.3) is 0 Å². The monoisotopic (exact) mass is 429 g/mol. The summed E-state index contributed by atoms with van der Waals surface area (Å²) in [5, 5.41) is 0.518. The van der Waals surface area contributed by atoms with Crippen molar-refractivity contribution in [1.82, 2.24) is 14.9 Å². The molecule has 2 saturated heterocycles. The quantitative estimate of drug-likeness (QED) is 0.741. The number of rotatable bonds is 4. The van der Waals surface area contributed by atoms with E-state index in [9.17, 15) is 9.59 Å². The number of halogens is 1. The lowest BCUT2D eigenvalue weighted by atomic mass is 10.1. The number of ether oxygens (including phenoxy) is 1. The predicted octanol–water partition coefficient (Wildman–Crippen LogP) is 2.15. The fourth-order valence-electron chi connectivity index (χ4n) is 4.01. The minimum Gasteiger partial charge on any atom is -0.495 e. The summed E-state index contributed by atoms with van der Waals surface area (Å²) < 4.78 is 5.37. The van der Waals surface area contributed by atoms with Gasteiger partial charge >= 0.3 is 0 Å². The molecule has 9 heteroatoms. The standard InChI is InChI=1S/C21H24ClN5O3/c1-14-9-19(24-13-23-14)25-5-7-26(8-6-25)21(29)15-10-20(28)27(12-15)17-11-16(22)3-4-18(17)30-2/h3-4,9,11,13,15H,5-8,10,12H2,1-2H3. The number of aromatic nitrogens is 2. The number of amides is 2. The second-order valence-electron chi connectivity index (χ2n) is 7.55. The number of hydrogen-bond acceptors (Lipinski definition) is 6. The summed E-state index contributed by atoms with van der Waals surface area (Å²) in [6.07, 6.45) is 1.75. The molecule has 0 bridgehead atoms. The lowest BCUT2D eigenvalue weighted by molar-refractivity contribution is -0.136. The number of piperazine rings is 1. The van der Waals surface area contributed by atoms with Crippen molar-refractivity contribution in [3.05, 3.63) is 41.3 Å². The normalized spacial score (nSPS) is 19.4. The van der Waals surface area contributed by atoms with Crippen LogP contribution in [0.2, 0.25) is 5.02 Å². The van der Waals surface area contributed by atoms with Crippen molar-refractivity contribution in [2.24, 2.45) is 5.92 Å². The molecule has 30 heavy (non-hydrogen) atoms. The molecule has 2 aromatic rings. The van der Waals surface area contributed by atoms with Gasteiger partial charge in [0.2, 0.25) is 11.8 Å². The minimum absolute atomic E-state index is 0.0189. The molecule has 0 radical (unpaired) electrons. The van der Waals surface area contributed by atoms with Crippen molar-refractivity contribution < 1.29 is 14.3 Å². The molecule has 2 amide bonds. The largest absolute Gasteiger partial charge is 0.495 e. The number of benzene rings is 1. The number of nitrogens with zero attached hydrogens (tertiary/aromatic N) is 5. The Hall–Kier alpha value is -2.87. The summed E-state index contributed by atoms with van der Waals surface area (Å²) in [5.74, 6) is 1.00. The molecule has 0 N–H and O–H groups in total. The first-order chi connectivity index (χ1) is 14.5. The van der Waals surface area contributed by atoms with Gasteiger partial charge in [-0.2, -0.15) is 0 Å². The number of aryl methyl sites for hydroxylation is 1. The smallest absolute Gasteiger partial charge is 0.228 e. The first-order valence-corrected chi connectivity index (χ1v) is 10.3. The molecule has 0 spiro atoms. The van der Waals surface area contributed by atoms with Crippen LogP contribution >= 0.6 is 11.6 Å². The Kier molecular flexibility index (Phi) is 5.76. The summed E-state index contributed by atoms with van der Waals surface area (Å²) in [6, 6.07) is 7.09. The van der Waals surface area contributed by atoms with Crippen molar-refractivity contribution >= 4 is 34.9 Å². The Morgan fingerprint density at radius 2 is 1.93 bits per heavy atom. The van der Waals surface area contributed by atoms with Crippen LogP contribution in [0.4, 0.5) is 11.5 Å². The Morgan fingerprint density at radius 3 is 2.63 bits per heavy atom. The van der Waals surface area contributed by atoms with E-state index in [1.807, 2.05) is 17.9 Å². The van der Waals surface area contributed by atoms with Crippen molar-refractivity contribution in [1.29, 1.82) is 0 Å². The molecule has 1 unspecified atom stereocenters. The van der Waals surface area contributed by atoms with Crippen LogP contribution in [0.1, 0.15) is 12.1 Å². The number of methoxy groups -OCH3 is 1. The highest BCUT2D eigenvalue weighted by molar-refractivity contribution is 6.31. The molecule has 0 saturated carbocycles. The van der Waals surface area contributed by atoms with Crippen LogP contribution in [0.5, 0.6) is 5.75 Å². The summed E-state index contributed by atoms with van der Waals surface area (Å²) in [7, 11) is 1.55. The van der Waals surface area contributed by atoms with E-state index in [-0.39, 0.29) is 24.2 Å². The van der Waals surface area contributed by atoms with Gasteiger partial charge in [0.1, 0.15) is 17.9 Å². The van der Waals surface area contributed by atoms with Gasteiger partial charge in [-0.3, -0.25) is 9.59 Å². The van der Waals surface area contributed by atoms with Crippen LogP contribution in [0, 0.1) is 12.8 Å². The molecule has 8 nitrogen and oxygen atoms in total. The van der Waals surface area contributed by atoms with Crippen molar-refractivity contribution in [2.45, 2.75) is 13.3 Å². The zero-order valence-electron chi connectivity index (χ0n) is 17.0. The second-order valence-corrected chi connectivity index (χ2v) is 7.99. The van der Waals surface area contributed by atoms with E-state index in [4.69, 9.17) is 16.3 Å². The number of anilines is 2. The Bertz CT molecular complexity index is 961. The first-order valence-electron chi connectivity index (χ1n) is 9.92. The van der Waals surface area contributed by atoms with Crippen LogP contribution in [-0.4, -0.2) is 66.5 Å². The van der Waals surface area contributed by atoms with Crippen LogP contribution < -0.4 is 14.5 Å².